The maximum Gasteiger partial charge on any atom is 0.190 e. The molecule has 0 amide bonds. The average Bonchev–Trinajstić information content (AvgIpc) is 2.54. The summed E-state index contributed by atoms with van der Waals surface area (Å²) in [6, 6.07) is 8.16. The first-order valence-corrected chi connectivity index (χ1v) is 8.04. The van der Waals surface area contributed by atoms with E-state index in [9.17, 15) is 0 Å². The molecule has 0 spiro atoms. The first-order chi connectivity index (χ1) is 10.8. The molecule has 0 bridgehead atoms. The molecule has 0 atom stereocenters. The highest BCUT2D eigenvalue weighted by molar-refractivity contribution is 14.0. The second kappa shape index (κ2) is 14.6. The van der Waals surface area contributed by atoms with Gasteiger partial charge in [0.15, 0.2) is 5.96 Å². The van der Waals surface area contributed by atoms with E-state index in [2.05, 4.69) is 21.7 Å². The number of guanidine groups is 1. The van der Waals surface area contributed by atoms with E-state index in [-0.39, 0.29) is 24.0 Å². The molecule has 0 heterocycles. The van der Waals surface area contributed by atoms with Gasteiger partial charge in [-0.05, 0) is 38.3 Å². The monoisotopic (exact) mass is 435 g/mol. The minimum Gasteiger partial charge on any atom is -0.494 e. The summed E-state index contributed by atoms with van der Waals surface area (Å²) >= 11 is 0. The lowest BCUT2D eigenvalue weighted by atomic mass is 10.1. The number of hydrogen-bond donors (Lipinski definition) is 2. The van der Waals surface area contributed by atoms with Crippen molar-refractivity contribution in [3.63, 3.8) is 0 Å². The molecule has 0 fully saturated rings. The standard InChI is InChI=1S/C17H29N3O2.HI/c1-4-21-14-8-12-19-17(18-3)20-13-11-15-9-6-7-10-16(15)22-5-2;/h6-7,9-10H,4-5,8,11-14H2,1-3H3,(H2,18,19,20);1H. The number of halogens is 1. The van der Waals surface area contributed by atoms with Crippen LogP contribution in [0.25, 0.3) is 0 Å². The Balaban J connectivity index is 0.00000484. The summed E-state index contributed by atoms with van der Waals surface area (Å²) in [4.78, 5) is 4.22. The fraction of sp³-hybridized carbons (Fsp3) is 0.588. The lowest BCUT2D eigenvalue weighted by Crippen LogP contribution is -2.39. The molecule has 0 aliphatic rings. The topological polar surface area (TPSA) is 54.9 Å². The van der Waals surface area contributed by atoms with Crippen LogP contribution < -0.4 is 15.4 Å². The molecule has 1 aromatic carbocycles. The summed E-state index contributed by atoms with van der Waals surface area (Å²) < 4.78 is 10.9. The van der Waals surface area contributed by atoms with Crippen molar-refractivity contribution in [3.8, 4) is 5.75 Å². The van der Waals surface area contributed by atoms with Gasteiger partial charge in [0.25, 0.3) is 0 Å². The summed E-state index contributed by atoms with van der Waals surface area (Å²) in [6.07, 6.45) is 1.87. The lowest BCUT2D eigenvalue weighted by molar-refractivity contribution is 0.145. The molecule has 132 valence electrons. The number of benzene rings is 1. The molecular formula is C17H30IN3O2. The molecule has 1 aromatic rings. The number of para-hydroxylation sites is 1. The normalized spacial score (nSPS) is 10.8. The van der Waals surface area contributed by atoms with E-state index in [4.69, 9.17) is 9.47 Å². The van der Waals surface area contributed by atoms with Gasteiger partial charge in [0.05, 0.1) is 6.61 Å². The van der Waals surface area contributed by atoms with Gasteiger partial charge in [-0.1, -0.05) is 18.2 Å². The second-order valence-corrected chi connectivity index (χ2v) is 4.77. The van der Waals surface area contributed by atoms with Crippen LogP contribution in [0, 0.1) is 0 Å². The Bertz CT molecular complexity index is 442. The van der Waals surface area contributed by atoms with Gasteiger partial charge in [-0.25, -0.2) is 0 Å². The molecule has 5 nitrogen and oxygen atoms in total. The first-order valence-electron chi connectivity index (χ1n) is 8.04. The molecule has 2 N–H and O–H groups in total. The molecule has 0 aliphatic heterocycles. The SMILES string of the molecule is CCOCCCNC(=NC)NCCc1ccccc1OCC.I. The minimum absolute atomic E-state index is 0. The molecule has 0 saturated carbocycles. The van der Waals surface area contributed by atoms with Crippen LogP contribution in [0.4, 0.5) is 0 Å². The molecule has 6 heteroatoms. The van der Waals surface area contributed by atoms with E-state index in [0.717, 1.165) is 50.9 Å². The Morgan fingerprint density at radius 2 is 1.83 bits per heavy atom. The highest BCUT2D eigenvalue weighted by Gasteiger charge is 2.03. The fourth-order valence-electron chi connectivity index (χ4n) is 2.07. The Kier molecular flexibility index (Phi) is 13.9. The van der Waals surface area contributed by atoms with Crippen LogP contribution in [-0.2, 0) is 11.2 Å². The van der Waals surface area contributed by atoms with Crippen LogP contribution in [-0.4, -0.2) is 45.9 Å². The summed E-state index contributed by atoms with van der Waals surface area (Å²) in [5.74, 6) is 1.79. The second-order valence-electron chi connectivity index (χ2n) is 4.77. The Morgan fingerprint density at radius 1 is 1.09 bits per heavy atom. The van der Waals surface area contributed by atoms with Crippen LogP contribution in [0.15, 0.2) is 29.3 Å². The third-order valence-electron chi connectivity index (χ3n) is 3.14. The number of nitrogens with one attached hydrogen (secondary N) is 2. The number of nitrogens with zero attached hydrogens (tertiary/aromatic N) is 1. The fourth-order valence-corrected chi connectivity index (χ4v) is 2.07. The molecule has 0 aromatic heterocycles. The van der Waals surface area contributed by atoms with Crippen molar-refractivity contribution in [2.24, 2.45) is 4.99 Å². The van der Waals surface area contributed by atoms with E-state index in [0.29, 0.717) is 6.61 Å². The Morgan fingerprint density at radius 3 is 2.52 bits per heavy atom. The summed E-state index contributed by atoms with van der Waals surface area (Å²) in [6.45, 7) is 7.92. The third-order valence-corrected chi connectivity index (χ3v) is 3.14. The Hall–Kier alpha value is -1.02. The van der Waals surface area contributed by atoms with Crippen molar-refractivity contribution < 1.29 is 9.47 Å². The van der Waals surface area contributed by atoms with Crippen molar-refractivity contribution in [1.29, 1.82) is 0 Å². The third kappa shape index (κ3) is 9.65. The van der Waals surface area contributed by atoms with Crippen molar-refractivity contribution >= 4 is 29.9 Å². The predicted octanol–water partition coefficient (Wildman–Crippen LogP) is 2.84. The number of aliphatic imine (C=N–C) groups is 1. The Labute approximate surface area is 157 Å². The summed E-state index contributed by atoms with van der Waals surface area (Å²) in [5, 5.41) is 6.60. The number of ether oxygens (including phenoxy) is 2. The van der Waals surface area contributed by atoms with Gasteiger partial charge in [0, 0.05) is 33.4 Å². The van der Waals surface area contributed by atoms with Crippen LogP contribution in [0.5, 0.6) is 5.75 Å². The van der Waals surface area contributed by atoms with Gasteiger partial charge in [0.2, 0.25) is 0 Å². The highest BCUT2D eigenvalue weighted by atomic mass is 127. The van der Waals surface area contributed by atoms with E-state index in [1.165, 1.54) is 5.56 Å². The molecule has 23 heavy (non-hydrogen) atoms. The van der Waals surface area contributed by atoms with Crippen molar-refractivity contribution in [2.75, 3.05) is 40.0 Å². The molecular weight excluding hydrogens is 405 g/mol. The lowest BCUT2D eigenvalue weighted by Gasteiger charge is -2.13. The van der Waals surface area contributed by atoms with E-state index < -0.39 is 0 Å². The van der Waals surface area contributed by atoms with Crippen LogP contribution >= 0.6 is 24.0 Å². The maximum atomic E-state index is 5.64. The van der Waals surface area contributed by atoms with Gasteiger partial charge in [-0.2, -0.15) is 0 Å². The molecule has 1 rings (SSSR count). The largest absolute Gasteiger partial charge is 0.494 e. The smallest absolute Gasteiger partial charge is 0.190 e. The van der Waals surface area contributed by atoms with E-state index >= 15 is 0 Å². The van der Waals surface area contributed by atoms with Gasteiger partial charge in [-0.3, -0.25) is 4.99 Å². The van der Waals surface area contributed by atoms with Crippen molar-refractivity contribution in [1.82, 2.24) is 10.6 Å². The summed E-state index contributed by atoms with van der Waals surface area (Å²) in [5.41, 5.74) is 1.21. The highest BCUT2D eigenvalue weighted by Crippen LogP contribution is 2.17. The van der Waals surface area contributed by atoms with Crippen molar-refractivity contribution in [3.05, 3.63) is 29.8 Å². The molecule has 0 radical (unpaired) electrons. The number of hydrogen-bond acceptors (Lipinski definition) is 3. The van der Waals surface area contributed by atoms with Gasteiger partial charge in [-0.15, -0.1) is 24.0 Å². The zero-order valence-corrected chi connectivity index (χ0v) is 16.8. The van der Waals surface area contributed by atoms with Gasteiger partial charge in [0.1, 0.15) is 5.75 Å². The zero-order chi connectivity index (χ0) is 16.0. The van der Waals surface area contributed by atoms with Crippen LogP contribution in [0.1, 0.15) is 25.8 Å². The average molecular weight is 435 g/mol. The predicted molar refractivity (Wildman–Crippen MR) is 107 cm³/mol. The van der Waals surface area contributed by atoms with Crippen LogP contribution in [0.2, 0.25) is 0 Å². The summed E-state index contributed by atoms with van der Waals surface area (Å²) in [7, 11) is 1.78. The number of rotatable bonds is 10. The van der Waals surface area contributed by atoms with E-state index in [1.807, 2.05) is 32.0 Å². The zero-order valence-electron chi connectivity index (χ0n) is 14.4. The van der Waals surface area contributed by atoms with Crippen molar-refractivity contribution in [2.45, 2.75) is 26.7 Å². The molecule has 0 aliphatic carbocycles. The first kappa shape index (κ1) is 22.0. The van der Waals surface area contributed by atoms with Gasteiger partial charge < -0.3 is 20.1 Å². The minimum atomic E-state index is 0. The maximum absolute atomic E-state index is 5.64. The van der Waals surface area contributed by atoms with E-state index in [1.54, 1.807) is 7.05 Å². The van der Waals surface area contributed by atoms with Crippen LogP contribution in [0.3, 0.4) is 0 Å². The quantitative estimate of drug-likeness (QED) is 0.257. The van der Waals surface area contributed by atoms with Gasteiger partial charge >= 0.3 is 0 Å². The molecule has 0 unspecified atom stereocenters. The molecule has 0 saturated heterocycles.